The zero-order valence-electron chi connectivity index (χ0n) is 18.5. The molecule has 5 aromatic carbocycles. The first-order chi connectivity index (χ1) is 17.0. The minimum Gasteiger partial charge on any atom is -0.396 e. The standard InChI is InChI=1S/C28H18N2O5/c31-12-2-1-11-30-27(34)19-9-5-15-13-3-7-17-23-18(26(33)29-25(17)32)8-4-14(21(13)23)16-6-10-20(28(30)35)24(19)22(15)16/h3-10,31H,1-2,11-12H2,(H,29,32,33). The first-order valence-electron chi connectivity index (χ1n) is 11.5. The van der Waals surface area contributed by atoms with Crippen LogP contribution in [0.25, 0.3) is 43.1 Å². The average Bonchev–Trinajstić information content (AvgIpc) is 2.87. The lowest BCUT2D eigenvalue weighted by molar-refractivity contribution is 0.0604. The molecule has 2 heterocycles. The molecule has 4 amide bonds. The summed E-state index contributed by atoms with van der Waals surface area (Å²) in [4.78, 5) is 53.1. The number of carbonyl (C=O) groups is 4. The number of hydrogen-bond donors (Lipinski definition) is 2. The van der Waals surface area contributed by atoms with Crippen LogP contribution in [0, 0.1) is 0 Å². The van der Waals surface area contributed by atoms with E-state index in [0.29, 0.717) is 45.9 Å². The van der Waals surface area contributed by atoms with Crippen molar-refractivity contribution in [2.24, 2.45) is 0 Å². The smallest absolute Gasteiger partial charge is 0.261 e. The van der Waals surface area contributed by atoms with Crippen molar-refractivity contribution in [2.45, 2.75) is 12.8 Å². The molecular weight excluding hydrogens is 444 g/mol. The Morgan fingerprint density at radius 3 is 1.46 bits per heavy atom. The predicted molar refractivity (Wildman–Crippen MR) is 131 cm³/mol. The minimum absolute atomic E-state index is 0.0107. The number of amides is 4. The molecule has 0 saturated heterocycles. The van der Waals surface area contributed by atoms with Gasteiger partial charge in [-0.1, -0.05) is 24.3 Å². The summed E-state index contributed by atoms with van der Waals surface area (Å²) in [5.74, 6) is -1.50. The maximum Gasteiger partial charge on any atom is 0.261 e. The van der Waals surface area contributed by atoms with Crippen LogP contribution in [-0.2, 0) is 0 Å². The number of nitrogens with one attached hydrogen (secondary N) is 1. The van der Waals surface area contributed by atoms with Gasteiger partial charge in [0.1, 0.15) is 0 Å². The van der Waals surface area contributed by atoms with Gasteiger partial charge in [-0.15, -0.1) is 0 Å². The van der Waals surface area contributed by atoms with Gasteiger partial charge in [-0.25, -0.2) is 0 Å². The number of aliphatic hydroxyl groups excluding tert-OH is 1. The Balaban J connectivity index is 1.59. The molecule has 0 aliphatic carbocycles. The van der Waals surface area contributed by atoms with Crippen LogP contribution in [0.5, 0.6) is 0 Å². The van der Waals surface area contributed by atoms with Crippen LogP contribution in [0.15, 0.2) is 48.5 Å². The molecule has 7 rings (SSSR count). The molecule has 0 aromatic heterocycles. The molecule has 7 nitrogen and oxygen atoms in total. The Morgan fingerprint density at radius 1 is 0.571 bits per heavy atom. The highest BCUT2D eigenvalue weighted by Gasteiger charge is 2.34. The van der Waals surface area contributed by atoms with Gasteiger partial charge in [-0.3, -0.25) is 29.4 Å². The Morgan fingerprint density at radius 2 is 1.00 bits per heavy atom. The molecule has 5 aromatic rings. The number of carbonyl (C=O) groups excluding carboxylic acids is 4. The van der Waals surface area contributed by atoms with E-state index < -0.39 is 11.8 Å². The normalized spacial score (nSPS) is 15.3. The second-order valence-electron chi connectivity index (χ2n) is 9.12. The molecule has 2 aliphatic rings. The SMILES string of the molecule is O=C1NC(=O)c2ccc3c4ccc5c6c(ccc(c7ccc1c2c73)c64)C(=O)N(CCCCO)C5=O. The van der Waals surface area contributed by atoms with Crippen LogP contribution in [-0.4, -0.2) is 46.8 Å². The molecule has 0 unspecified atom stereocenters. The first-order valence-corrected chi connectivity index (χ1v) is 11.5. The summed E-state index contributed by atoms with van der Waals surface area (Å²) < 4.78 is 0. The summed E-state index contributed by atoms with van der Waals surface area (Å²) >= 11 is 0. The van der Waals surface area contributed by atoms with E-state index in [1.54, 1.807) is 24.3 Å². The lowest BCUT2D eigenvalue weighted by atomic mass is 9.82. The van der Waals surface area contributed by atoms with Crippen LogP contribution >= 0.6 is 0 Å². The summed E-state index contributed by atoms with van der Waals surface area (Å²) in [5, 5.41) is 17.9. The summed E-state index contributed by atoms with van der Waals surface area (Å²) in [6.45, 7) is 0.267. The van der Waals surface area contributed by atoms with Crippen LogP contribution in [0.1, 0.15) is 54.3 Å². The van der Waals surface area contributed by atoms with E-state index in [-0.39, 0.29) is 25.0 Å². The van der Waals surface area contributed by atoms with Crippen molar-refractivity contribution < 1.29 is 24.3 Å². The minimum atomic E-state index is -0.417. The number of rotatable bonds is 4. The molecule has 35 heavy (non-hydrogen) atoms. The number of hydrogen-bond acceptors (Lipinski definition) is 5. The number of aliphatic hydroxyl groups is 1. The van der Waals surface area contributed by atoms with Gasteiger partial charge in [0.2, 0.25) is 0 Å². The van der Waals surface area contributed by atoms with Gasteiger partial charge in [-0.05, 0) is 69.4 Å². The molecule has 0 atom stereocenters. The Hall–Kier alpha value is -4.36. The molecule has 2 N–H and O–H groups in total. The van der Waals surface area contributed by atoms with Gasteiger partial charge in [0.15, 0.2) is 0 Å². The lowest BCUT2D eigenvalue weighted by Crippen LogP contribution is -2.41. The van der Waals surface area contributed by atoms with E-state index in [1.807, 2.05) is 24.3 Å². The van der Waals surface area contributed by atoms with Crippen molar-refractivity contribution >= 4 is 66.7 Å². The second-order valence-corrected chi connectivity index (χ2v) is 9.12. The van der Waals surface area contributed by atoms with E-state index in [9.17, 15) is 19.2 Å². The third-order valence-corrected chi connectivity index (χ3v) is 7.36. The molecule has 0 bridgehead atoms. The van der Waals surface area contributed by atoms with Gasteiger partial charge >= 0.3 is 0 Å². The molecular formula is C28H18N2O5. The first kappa shape index (κ1) is 20.1. The van der Waals surface area contributed by atoms with Crippen molar-refractivity contribution in [2.75, 3.05) is 13.2 Å². The highest BCUT2D eigenvalue weighted by atomic mass is 16.3. The van der Waals surface area contributed by atoms with Crippen molar-refractivity contribution in [3.63, 3.8) is 0 Å². The molecule has 170 valence electrons. The molecule has 0 saturated carbocycles. The zero-order chi connectivity index (χ0) is 24.0. The van der Waals surface area contributed by atoms with Crippen molar-refractivity contribution in [3.05, 3.63) is 70.8 Å². The van der Waals surface area contributed by atoms with E-state index >= 15 is 0 Å². The predicted octanol–water partition coefficient (Wildman–Crippen LogP) is 3.99. The van der Waals surface area contributed by atoms with Gasteiger partial charge in [0, 0.05) is 46.2 Å². The monoisotopic (exact) mass is 462 g/mol. The van der Waals surface area contributed by atoms with Crippen LogP contribution < -0.4 is 5.32 Å². The van der Waals surface area contributed by atoms with E-state index in [2.05, 4.69) is 5.32 Å². The third-order valence-electron chi connectivity index (χ3n) is 7.36. The maximum absolute atomic E-state index is 13.3. The third kappa shape index (κ3) is 2.42. The van der Waals surface area contributed by atoms with Crippen molar-refractivity contribution in [3.8, 4) is 0 Å². The molecule has 0 spiro atoms. The molecule has 0 radical (unpaired) electrons. The van der Waals surface area contributed by atoms with Crippen LogP contribution in [0.4, 0.5) is 0 Å². The Kier molecular flexibility index (Phi) is 3.92. The lowest BCUT2D eigenvalue weighted by Gasteiger charge is -2.28. The quantitative estimate of drug-likeness (QED) is 0.182. The summed E-state index contributed by atoms with van der Waals surface area (Å²) in [6.07, 6.45) is 1.05. The molecule has 7 heteroatoms. The number of benzene rings is 5. The van der Waals surface area contributed by atoms with Gasteiger partial charge < -0.3 is 5.11 Å². The summed E-state index contributed by atoms with van der Waals surface area (Å²) in [5.41, 5.74) is 1.87. The molecule has 0 fully saturated rings. The molecule has 2 aliphatic heterocycles. The fourth-order valence-electron chi connectivity index (χ4n) is 5.83. The number of fused-ring (bicyclic) bond motifs is 2. The number of imide groups is 2. The van der Waals surface area contributed by atoms with Gasteiger partial charge in [-0.2, -0.15) is 0 Å². The van der Waals surface area contributed by atoms with E-state index in [1.165, 1.54) is 4.90 Å². The Labute approximate surface area is 198 Å². The van der Waals surface area contributed by atoms with Crippen molar-refractivity contribution in [1.82, 2.24) is 10.2 Å². The maximum atomic E-state index is 13.3. The largest absolute Gasteiger partial charge is 0.396 e. The topological polar surface area (TPSA) is 104 Å². The van der Waals surface area contributed by atoms with Gasteiger partial charge in [0.25, 0.3) is 23.6 Å². The second kappa shape index (κ2) is 6.84. The van der Waals surface area contributed by atoms with Crippen molar-refractivity contribution in [1.29, 1.82) is 0 Å². The van der Waals surface area contributed by atoms with E-state index in [4.69, 9.17) is 5.11 Å². The highest BCUT2D eigenvalue weighted by Crippen LogP contribution is 2.45. The summed E-state index contributed by atoms with van der Waals surface area (Å²) in [6, 6.07) is 14.5. The zero-order valence-corrected chi connectivity index (χ0v) is 18.5. The van der Waals surface area contributed by atoms with E-state index in [0.717, 1.165) is 32.3 Å². The number of unbranched alkanes of at least 4 members (excludes halogenated alkanes) is 1. The average molecular weight is 462 g/mol. The van der Waals surface area contributed by atoms with Gasteiger partial charge in [0.05, 0.1) is 0 Å². The van der Waals surface area contributed by atoms with Crippen LogP contribution in [0.2, 0.25) is 0 Å². The number of nitrogens with zero attached hydrogens (tertiary/aromatic N) is 1. The highest BCUT2D eigenvalue weighted by molar-refractivity contribution is 6.41. The fourth-order valence-corrected chi connectivity index (χ4v) is 5.83. The Bertz CT molecular complexity index is 1700. The fraction of sp³-hybridized carbons (Fsp3) is 0.143. The summed E-state index contributed by atoms with van der Waals surface area (Å²) in [7, 11) is 0. The van der Waals surface area contributed by atoms with Crippen LogP contribution in [0.3, 0.4) is 0 Å².